The number of halogens is 2. The second kappa shape index (κ2) is 4.27. The van der Waals surface area contributed by atoms with Crippen molar-refractivity contribution in [3.8, 4) is 0 Å². The van der Waals surface area contributed by atoms with Crippen molar-refractivity contribution in [3.63, 3.8) is 0 Å². The summed E-state index contributed by atoms with van der Waals surface area (Å²) in [5.74, 6) is -0.116. The average molecular weight is 252 g/mol. The second-order valence-electron chi connectivity index (χ2n) is 2.01. The average Bonchev–Trinajstić information content (AvgIpc) is 1.85. The molecule has 1 aromatic heterocycles. The Morgan fingerprint density at radius 3 is 2.58 bits per heavy atom. The highest BCUT2D eigenvalue weighted by Crippen LogP contribution is 2.14. The van der Waals surface area contributed by atoms with Gasteiger partial charge in [-0.25, -0.2) is 4.98 Å². The molecule has 0 fully saturated rings. The van der Waals surface area contributed by atoms with E-state index in [1.54, 1.807) is 12.3 Å². The van der Waals surface area contributed by atoms with Crippen molar-refractivity contribution in [2.45, 2.75) is 0 Å². The van der Waals surface area contributed by atoms with Gasteiger partial charge in [0.05, 0.1) is 5.69 Å². The molecule has 0 radical (unpaired) electrons. The van der Waals surface area contributed by atoms with Crippen LogP contribution < -0.4 is 11.5 Å². The van der Waals surface area contributed by atoms with Gasteiger partial charge in [0.15, 0.2) is 0 Å². The number of pyridine rings is 1. The molecule has 4 nitrogen and oxygen atoms in total. The van der Waals surface area contributed by atoms with Crippen LogP contribution in [-0.2, 0) is 0 Å². The smallest absolute Gasteiger partial charge is 0.143 e. The Bertz CT molecular complexity index is 302. The van der Waals surface area contributed by atoms with E-state index in [9.17, 15) is 0 Å². The molecule has 0 unspecified atom stereocenters. The third kappa shape index (κ3) is 2.35. The topological polar surface area (TPSA) is 88.8 Å². The molecule has 5 N–H and O–H groups in total. The summed E-state index contributed by atoms with van der Waals surface area (Å²) in [7, 11) is 0. The highest BCUT2D eigenvalue weighted by Gasteiger charge is 2.02. The second-order valence-corrected chi connectivity index (χ2v) is 2.92. The standard InChI is InChI=1S/C6H7BrN4.ClH/c7-3-1-4(8)5(6(9)10)11-2-3;/h1-2H,8H2,(H3,9,10);1H. The molecule has 0 spiro atoms. The van der Waals surface area contributed by atoms with Crippen molar-refractivity contribution >= 4 is 39.9 Å². The number of nitrogen functional groups attached to an aromatic ring is 2. The van der Waals surface area contributed by atoms with Crippen LogP contribution in [-0.4, -0.2) is 10.8 Å². The SMILES string of the molecule is Cl.N=C(N)c1ncc(Br)cc1N. The molecular weight excluding hydrogens is 243 g/mol. The Morgan fingerprint density at radius 1 is 1.58 bits per heavy atom. The minimum Gasteiger partial charge on any atom is -0.397 e. The van der Waals surface area contributed by atoms with Gasteiger partial charge >= 0.3 is 0 Å². The van der Waals surface area contributed by atoms with Gasteiger partial charge in [-0.15, -0.1) is 12.4 Å². The normalized spacial score (nSPS) is 8.75. The molecule has 0 aliphatic heterocycles. The third-order valence-corrected chi connectivity index (χ3v) is 1.57. The van der Waals surface area contributed by atoms with Crippen LogP contribution in [0.3, 0.4) is 0 Å². The Morgan fingerprint density at radius 2 is 2.17 bits per heavy atom. The molecule has 1 aromatic rings. The van der Waals surface area contributed by atoms with Crippen molar-refractivity contribution in [1.29, 1.82) is 5.41 Å². The van der Waals surface area contributed by atoms with Crippen LogP contribution in [0.2, 0.25) is 0 Å². The zero-order chi connectivity index (χ0) is 8.43. The van der Waals surface area contributed by atoms with Crippen LogP contribution >= 0.6 is 28.3 Å². The summed E-state index contributed by atoms with van der Waals surface area (Å²) >= 11 is 3.19. The molecule has 0 aliphatic rings. The largest absolute Gasteiger partial charge is 0.397 e. The van der Waals surface area contributed by atoms with Gasteiger partial charge in [0, 0.05) is 10.7 Å². The predicted molar refractivity (Wildman–Crippen MR) is 54.6 cm³/mol. The Kier molecular flexibility index (Phi) is 3.99. The highest BCUT2D eigenvalue weighted by molar-refractivity contribution is 9.10. The van der Waals surface area contributed by atoms with Gasteiger partial charge in [0.1, 0.15) is 11.5 Å². The fourth-order valence-electron chi connectivity index (χ4n) is 0.680. The van der Waals surface area contributed by atoms with Gasteiger partial charge in [-0.1, -0.05) is 0 Å². The van der Waals surface area contributed by atoms with Gasteiger partial charge < -0.3 is 11.5 Å². The van der Waals surface area contributed by atoms with Crippen LogP contribution in [0, 0.1) is 5.41 Å². The minimum absolute atomic E-state index is 0. The predicted octanol–water partition coefficient (Wildman–Crippen LogP) is 1.13. The van der Waals surface area contributed by atoms with Gasteiger partial charge in [-0.2, -0.15) is 0 Å². The van der Waals surface area contributed by atoms with Crippen molar-refractivity contribution < 1.29 is 0 Å². The number of hydrogen-bond donors (Lipinski definition) is 3. The van der Waals surface area contributed by atoms with Gasteiger partial charge in [-0.3, -0.25) is 5.41 Å². The lowest BCUT2D eigenvalue weighted by atomic mass is 10.3. The maximum Gasteiger partial charge on any atom is 0.143 e. The lowest BCUT2D eigenvalue weighted by molar-refractivity contribution is 1.25. The molecule has 0 atom stereocenters. The number of amidine groups is 1. The fraction of sp³-hybridized carbons (Fsp3) is 0. The molecule has 0 saturated heterocycles. The zero-order valence-electron chi connectivity index (χ0n) is 6.04. The summed E-state index contributed by atoms with van der Waals surface area (Å²) in [4.78, 5) is 3.86. The highest BCUT2D eigenvalue weighted by atomic mass is 79.9. The molecule has 0 amide bonds. The van der Waals surface area contributed by atoms with Crippen LogP contribution in [0.25, 0.3) is 0 Å². The number of nitrogens with one attached hydrogen (secondary N) is 1. The number of hydrogen-bond acceptors (Lipinski definition) is 3. The number of rotatable bonds is 1. The van der Waals surface area contributed by atoms with E-state index in [2.05, 4.69) is 20.9 Å². The number of aromatic nitrogens is 1. The number of anilines is 1. The molecule has 0 aliphatic carbocycles. The first-order chi connectivity index (χ1) is 5.11. The summed E-state index contributed by atoms with van der Waals surface area (Å²) < 4.78 is 0.778. The number of nitrogens with zero attached hydrogens (tertiary/aromatic N) is 1. The molecule has 12 heavy (non-hydrogen) atoms. The Labute approximate surface area is 84.4 Å². The van der Waals surface area contributed by atoms with E-state index in [0.717, 1.165) is 4.47 Å². The fourth-order valence-corrected chi connectivity index (χ4v) is 1.03. The van der Waals surface area contributed by atoms with E-state index >= 15 is 0 Å². The van der Waals surface area contributed by atoms with E-state index in [1.165, 1.54) is 0 Å². The van der Waals surface area contributed by atoms with E-state index in [0.29, 0.717) is 11.4 Å². The van der Waals surface area contributed by atoms with Crippen molar-refractivity contribution in [3.05, 3.63) is 22.4 Å². The lowest BCUT2D eigenvalue weighted by Gasteiger charge is -2.01. The van der Waals surface area contributed by atoms with E-state index in [-0.39, 0.29) is 18.2 Å². The molecular formula is C6H8BrClN4. The number of nitrogens with two attached hydrogens (primary N) is 2. The van der Waals surface area contributed by atoms with Crippen LogP contribution in [0.4, 0.5) is 5.69 Å². The minimum atomic E-state index is -0.116. The van der Waals surface area contributed by atoms with Crippen LogP contribution in [0.5, 0.6) is 0 Å². The molecule has 0 saturated carbocycles. The maximum atomic E-state index is 7.07. The van der Waals surface area contributed by atoms with Crippen LogP contribution in [0.1, 0.15) is 5.69 Å². The summed E-state index contributed by atoms with van der Waals surface area (Å²) in [6, 6.07) is 1.66. The first kappa shape index (κ1) is 11.2. The summed E-state index contributed by atoms with van der Waals surface area (Å²) in [5.41, 5.74) is 11.4. The van der Waals surface area contributed by atoms with E-state index < -0.39 is 0 Å². The molecule has 0 aromatic carbocycles. The molecule has 66 valence electrons. The van der Waals surface area contributed by atoms with Crippen molar-refractivity contribution in [1.82, 2.24) is 4.98 Å². The van der Waals surface area contributed by atoms with Crippen molar-refractivity contribution in [2.75, 3.05) is 5.73 Å². The summed E-state index contributed by atoms with van der Waals surface area (Å²) in [6.07, 6.45) is 1.55. The first-order valence-corrected chi connectivity index (χ1v) is 3.66. The van der Waals surface area contributed by atoms with E-state index in [1.807, 2.05) is 0 Å². The Hall–Kier alpha value is -0.810. The molecule has 6 heteroatoms. The quantitative estimate of drug-likeness (QED) is 0.516. The van der Waals surface area contributed by atoms with Gasteiger partial charge in [-0.05, 0) is 22.0 Å². The molecule has 1 rings (SSSR count). The van der Waals surface area contributed by atoms with Gasteiger partial charge in [0.2, 0.25) is 0 Å². The third-order valence-electron chi connectivity index (χ3n) is 1.14. The summed E-state index contributed by atoms with van der Waals surface area (Å²) in [5, 5.41) is 7.07. The van der Waals surface area contributed by atoms with Crippen LogP contribution in [0.15, 0.2) is 16.7 Å². The first-order valence-electron chi connectivity index (χ1n) is 2.86. The summed E-state index contributed by atoms with van der Waals surface area (Å²) in [6.45, 7) is 0. The van der Waals surface area contributed by atoms with Crippen molar-refractivity contribution in [2.24, 2.45) is 5.73 Å². The van der Waals surface area contributed by atoms with E-state index in [4.69, 9.17) is 16.9 Å². The van der Waals surface area contributed by atoms with Gasteiger partial charge in [0.25, 0.3) is 0 Å². The monoisotopic (exact) mass is 250 g/mol. The maximum absolute atomic E-state index is 7.07. The zero-order valence-corrected chi connectivity index (χ0v) is 8.45. The lowest BCUT2D eigenvalue weighted by Crippen LogP contribution is -2.15. The molecule has 1 heterocycles. The Balaban J connectivity index is 0.00000121. The molecule has 0 bridgehead atoms.